The molecule has 0 spiro atoms. The molecule has 0 saturated heterocycles. The van der Waals surface area contributed by atoms with Crippen LogP contribution in [0.2, 0.25) is 5.02 Å². The van der Waals surface area contributed by atoms with Gasteiger partial charge in [-0.2, -0.15) is 0 Å². The van der Waals surface area contributed by atoms with Gasteiger partial charge in [0.05, 0.1) is 21.5 Å². The molecule has 2 atom stereocenters. The second-order valence-electron chi connectivity index (χ2n) is 5.68. The Hall–Kier alpha value is -2.22. The van der Waals surface area contributed by atoms with Crippen LogP contribution in [-0.4, -0.2) is 21.8 Å². The maximum absolute atomic E-state index is 12.4. The Morgan fingerprint density at radius 1 is 1.22 bits per heavy atom. The molecule has 23 heavy (non-hydrogen) atoms. The third kappa shape index (κ3) is 3.76. The zero-order valence-corrected chi connectivity index (χ0v) is 13.2. The van der Waals surface area contributed by atoms with E-state index in [0.29, 0.717) is 0 Å². The summed E-state index contributed by atoms with van der Waals surface area (Å²) in [4.78, 5) is 32.7. The van der Waals surface area contributed by atoms with Crippen LogP contribution in [0.15, 0.2) is 12.1 Å². The van der Waals surface area contributed by atoms with Crippen molar-refractivity contribution in [3.63, 3.8) is 0 Å². The minimum atomic E-state index is -0.838. The van der Waals surface area contributed by atoms with Gasteiger partial charge in [0.15, 0.2) is 0 Å². The van der Waals surface area contributed by atoms with Crippen molar-refractivity contribution in [3.8, 4) is 0 Å². The lowest BCUT2D eigenvalue weighted by Gasteiger charge is -2.29. The summed E-state index contributed by atoms with van der Waals surface area (Å²) in [5, 5.41) is 24.3. The number of nitrogens with zero attached hydrogens (tertiary/aromatic N) is 2. The van der Waals surface area contributed by atoms with Gasteiger partial charge in [0.25, 0.3) is 17.3 Å². The van der Waals surface area contributed by atoms with Crippen molar-refractivity contribution in [2.24, 2.45) is 5.92 Å². The highest BCUT2D eigenvalue weighted by atomic mass is 35.5. The third-order valence-electron chi connectivity index (χ3n) is 4.12. The molecule has 0 bridgehead atoms. The van der Waals surface area contributed by atoms with E-state index in [1.165, 1.54) is 0 Å². The molecule has 2 unspecified atom stereocenters. The van der Waals surface area contributed by atoms with Crippen LogP contribution in [0.4, 0.5) is 11.4 Å². The maximum Gasteiger partial charge on any atom is 0.295 e. The number of halogens is 1. The van der Waals surface area contributed by atoms with Crippen LogP contribution in [0.5, 0.6) is 0 Å². The van der Waals surface area contributed by atoms with Gasteiger partial charge in [0.1, 0.15) is 5.02 Å². The monoisotopic (exact) mass is 341 g/mol. The van der Waals surface area contributed by atoms with E-state index in [2.05, 4.69) is 5.32 Å². The fourth-order valence-electron chi connectivity index (χ4n) is 2.77. The molecule has 124 valence electrons. The molecule has 0 aliphatic heterocycles. The highest BCUT2D eigenvalue weighted by molar-refractivity contribution is 6.36. The summed E-state index contributed by atoms with van der Waals surface area (Å²) in [5.41, 5.74) is -1.43. The van der Waals surface area contributed by atoms with Gasteiger partial charge in [-0.15, -0.1) is 0 Å². The van der Waals surface area contributed by atoms with Crippen LogP contribution >= 0.6 is 11.6 Å². The number of rotatable bonds is 4. The number of hydrogen-bond donors (Lipinski definition) is 1. The zero-order chi connectivity index (χ0) is 17.1. The van der Waals surface area contributed by atoms with Crippen molar-refractivity contribution in [1.82, 2.24) is 5.32 Å². The molecule has 1 saturated carbocycles. The second kappa shape index (κ2) is 6.91. The van der Waals surface area contributed by atoms with Crippen molar-refractivity contribution in [2.45, 2.75) is 38.6 Å². The molecule has 1 aliphatic rings. The van der Waals surface area contributed by atoms with E-state index < -0.39 is 27.1 Å². The first-order valence-electron chi connectivity index (χ1n) is 7.24. The van der Waals surface area contributed by atoms with Crippen LogP contribution in [0, 0.1) is 26.1 Å². The molecule has 1 aromatic carbocycles. The van der Waals surface area contributed by atoms with Gasteiger partial charge in [-0.3, -0.25) is 25.0 Å². The Kier molecular flexibility index (Phi) is 5.15. The Labute approximate surface area is 137 Å². The van der Waals surface area contributed by atoms with Crippen LogP contribution in [0.25, 0.3) is 0 Å². The summed E-state index contributed by atoms with van der Waals surface area (Å²) in [6.45, 7) is 2.02. The van der Waals surface area contributed by atoms with Crippen LogP contribution in [-0.2, 0) is 0 Å². The Morgan fingerprint density at radius 3 is 2.43 bits per heavy atom. The number of carbonyl (C=O) groups excluding carboxylic acids is 1. The highest BCUT2D eigenvalue weighted by Crippen LogP contribution is 2.33. The molecule has 1 N–H and O–H groups in total. The number of nitro groups is 2. The Bertz CT molecular complexity index is 664. The molecule has 1 fully saturated rings. The summed E-state index contributed by atoms with van der Waals surface area (Å²) in [6.07, 6.45) is 3.87. The quantitative estimate of drug-likeness (QED) is 0.665. The Balaban J connectivity index is 2.35. The van der Waals surface area contributed by atoms with Crippen LogP contribution in [0.1, 0.15) is 43.0 Å². The van der Waals surface area contributed by atoms with E-state index in [-0.39, 0.29) is 22.5 Å². The molecule has 9 heteroatoms. The van der Waals surface area contributed by atoms with Crippen molar-refractivity contribution in [3.05, 3.63) is 42.9 Å². The van der Waals surface area contributed by atoms with Gasteiger partial charge >= 0.3 is 0 Å². The maximum atomic E-state index is 12.4. The van der Waals surface area contributed by atoms with Crippen molar-refractivity contribution in [1.29, 1.82) is 0 Å². The first kappa shape index (κ1) is 17.1. The average Bonchev–Trinajstić information content (AvgIpc) is 2.49. The fraction of sp³-hybridized carbons (Fsp3) is 0.500. The minimum absolute atomic E-state index is 0.0642. The molecule has 1 aliphatic carbocycles. The van der Waals surface area contributed by atoms with E-state index in [0.717, 1.165) is 37.8 Å². The van der Waals surface area contributed by atoms with Crippen molar-refractivity contribution in [2.75, 3.05) is 0 Å². The van der Waals surface area contributed by atoms with Gasteiger partial charge in [-0.1, -0.05) is 31.4 Å². The minimum Gasteiger partial charge on any atom is -0.349 e. The van der Waals surface area contributed by atoms with Crippen LogP contribution in [0.3, 0.4) is 0 Å². The van der Waals surface area contributed by atoms with Gasteiger partial charge in [-0.25, -0.2) is 0 Å². The lowest BCUT2D eigenvalue weighted by atomic mass is 9.86. The lowest BCUT2D eigenvalue weighted by Crippen LogP contribution is -2.41. The van der Waals surface area contributed by atoms with Gasteiger partial charge in [0.2, 0.25) is 0 Å². The SMILES string of the molecule is CC1CCCCC1NC(=O)c1cc([N+](=O)[O-])cc([N+](=O)[O-])c1Cl. The molecule has 1 aromatic rings. The normalized spacial score (nSPS) is 20.8. The summed E-state index contributed by atoms with van der Waals surface area (Å²) in [5.74, 6) is -0.347. The number of carbonyl (C=O) groups is 1. The number of benzene rings is 1. The molecule has 8 nitrogen and oxygen atoms in total. The Morgan fingerprint density at radius 2 is 1.87 bits per heavy atom. The molecule has 1 amide bonds. The highest BCUT2D eigenvalue weighted by Gasteiger charge is 2.29. The third-order valence-corrected chi connectivity index (χ3v) is 4.52. The largest absolute Gasteiger partial charge is 0.349 e. The summed E-state index contributed by atoms with van der Waals surface area (Å²) >= 11 is 5.90. The molecular formula is C14H16ClN3O5. The van der Waals surface area contributed by atoms with E-state index in [9.17, 15) is 25.0 Å². The standard InChI is InChI=1S/C14H16ClN3O5/c1-8-4-2-3-5-11(8)16-14(19)10-6-9(17(20)21)7-12(13(10)15)18(22)23/h6-8,11H,2-5H2,1H3,(H,16,19). The molecule has 2 rings (SSSR count). The van der Waals surface area contributed by atoms with Crippen molar-refractivity contribution >= 4 is 28.9 Å². The second-order valence-corrected chi connectivity index (χ2v) is 6.06. The molecule has 0 radical (unpaired) electrons. The smallest absolute Gasteiger partial charge is 0.295 e. The van der Waals surface area contributed by atoms with E-state index in [1.807, 2.05) is 6.92 Å². The van der Waals surface area contributed by atoms with Gasteiger partial charge in [-0.05, 0) is 18.8 Å². The number of amides is 1. The van der Waals surface area contributed by atoms with E-state index >= 15 is 0 Å². The molecule has 0 heterocycles. The molecular weight excluding hydrogens is 326 g/mol. The first-order valence-corrected chi connectivity index (χ1v) is 7.62. The predicted molar refractivity (Wildman–Crippen MR) is 83.6 cm³/mol. The number of hydrogen-bond acceptors (Lipinski definition) is 5. The summed E-state index contributed by atoms with van der Waals surface area (Å²) in [7, 11) is 0. The van der Waals surface area contributed by atoms with Gasteiger partial charge < -0.3 is 5.32 Å². The van der Waals surface area contributed by atoms with Crippen molar-refractivity contribution < 1.29 is 14.6 Å². The van der Waals surface area contributed by atoms with Crippen LogP contribution < -0.4 is 5.32 Å². The topological polar surface area (TPSA) is 115 Å². The fourth-order valence-corrected chi connectivity index (χ4v) is 3.04. The lowest BCUT2D eigenvalue weighted by molar-refractivity contribution is -0.394. The number of nitro benzene ring substituents is 2. The average molecular weight is 342 g/mol. The predicted octanol–water partition coefficient (Wildman–Crippen LogP) is 3.46. The van der Waals surface area contributed by atoms with E-state index in [1.54, 1.807) is 0 Å². The van der Waals surface area contributed by atoms with Gasteiger partial charge in [0, 0.05) is 12.1 Å². The number of nitrogens with one attached hydrogen (secondary N) is 1. The molecule has 0 aromatic heterocycles. The summed E-state index contributed by atoms with van der Waals surface area (Å²) < 4.78 is 0. The summed E-state index contributed by atoms with van der Waals surface area (Å²) in [6, 6.07) is 1.66. The zero-order valence-electron chi connectivity index (χ0n) is 12.5. The first-order chi connectivity index (χ1) is 10.8. The van der Waals surface area contributed by atoms with E-state index in [4.69, 9.17) is 11.6 Å². The number of non-ortho nitro benzene ring substituents is 1.